The van der Waals surface area contributed by atoms with Gasteiger partial charge in [0, 0.05) is 18.9 Å². The number of hydrogen-bond acceptors (Lipinski definition) is 6. The van der Waals surface area contributed by atoms with Crippen molar-refractivity contribution in [3.8, 4) is 0 Å². The fraction of sp³-hybridized carbons (Fsp3) is 0.400. The second-order valence-corrected chi connectivity index (χ2v) is 8.35. The Morgan fingerprint density at radius 1 is 1.29 bits per heavy atom. The molecule has 8 nitrogen and oxygen atoms in total. The summed E-state index contributed by atoms with van der Waals surface area (Å²) < 4.78 is 61.2. The molecule has 1 rings (SSSR count). The number of nitrogens with one attached hydrogen (secondary N) is 1. The second-order valence-electron chi connectivity index (χ2n) is 4.35. The first-order valence-corrected chi connectivity index (χ1v) is 9.10. The lowest BCUT2D eigenvalue weighted by Gasteiger charge is -2.09. The Hall–Kier alpha value is -1.59. The summed E-state index contributed by atoms with van der Waals surface area (Å²) in [5.41, 5.74) is -0.992. The van der Waals surface area contributed by atoms with E-state index in [2.05, 4.69) is 0 Å². The number of nitro groups is 1. The molecule has 0 aromatic heterocycles. The van der Waals surface area contributed by atoms with Gasteiger partial charge in [0.25, 0.3) is 0 Å². The van der Waals surface area contributed by atoms with E-state index in [9.17, 15) is 31.3 Å². The summed E-state index contributed by atoms with van der Waals surface area (Å²) >= 11 is 0. The molecule has 1 N–H and O–H groups in total. The lowest BCUT2D eigenvalue weighted by atomic mass is 10.2. The van der Waals surface area contributed by atoms with E-state index in [0.717, 1.165) is 12.3 Å². The molecule has 118 valence electrons. The molecule has 21 heavy (non-hydrogen) atoms. The monoisotopic (exact) mass is 340 g/mol. The third-order valence-corrected chi connectivity index (χ3v) is 5.04. The maximum atomic E-state index is 13.3. The minimum absolute atomic E-state index is 0.0232. The van der Waals surface area contributed by atoms with Gasteiger partial charge in [0.2, 0.25) is 15.8 Å². The highest BCUT2D eigenvalue weighted by atomic mass is 32.2. The van der Waals surface area contributed by atoms with E-state index < -0.39 is 46.9 Å². The highest BCUT2D eigenvalue weighted by molar-refractivity contribution is 7.91. The smallest absolute Gasteiger partial charge is 0.258 e. The van der Waals surface area contributed by atoms with Gasteiger partial charge in [-0.25, -0.2) is 21.6 Å². The van der Waals surface area contributed by atoms with Gasteiger partial charge >= 0.3 is 5.69 Å². The van der Waals surface area contributed by atoms with Crippen LogP contribution in [-0.2, 0) is 19.9 Å². The minimum atomic E-state index is -4.17. The van der Waals surface area contributed by atoms with Gasteiger partial charge in [-0.05, 0) is 18.6 Å². The SMILES string of the molecule is Cc1cc(F)c([N+](=O)[O-])cc1S(=O)(=O)NCCS(C)(=O)=O. The highest BCUT2D eigenvalue weighted by Gasteiger charge is 2.24. The summed E-state index contributed by atoms with van der Waals surface area (Å²) in [7, 11) is -7.53. The van der Waals surface area contributed by atoms with Gasteiger partial charge in [0.15, 0.2) is 0 Å². The molecule has 0 saturated heterocycles. The van der Waals surface area contributed by atoms with Crippen LogP contribution >= 0.6 is 0 Å². The predicted octanol–water partition coefficient (Wildman–Crippen LogP) is 0.365. The van der Waals surface area contributed by atoms with Crippen molar-refractivity contribution in [3.63, 3.8) is 0 Å². The lowest BCUT2D eigenvalue weighted by molar-refractivity contribution is -0.387. The molecule has 11 heteroatoms. The van der Waals surface area contributed by atoms with Crippen LogP contribution in [-0.4, -0.2) is 40.3 Å². The van der Waals surface area contributed by atoms with Crippen LogP contribution < -0.4 is 4.72 Å². The molecule has 0 radical (unpaired) electrons. The Balaban J connectivity index is 3.14. The summed E-state index contributed by atoms with van der Waals surface area (Å²) in [4.78, 5) is 9.12. The average Bonchev–Trinajstić information content (AvgIpc) is 2.25. The largest absolute Gasteiger partial charge is 0.306 e. The van der Waals surface area contributed by atoms with Crippen LogP contribution in [0.5, 0.6) is 0 Å². The standard InChI is InChI=1S/C10H13FN2O6S2/c1-7-5-8(11)9(13(14)15)6-10(7)21(18,19)12-3-4-20(2,16)17/h5-6,12H,3-4H2,1-2H3. The molecule has 0 saturated carbocycles. The van der Waals surface area contributed by atoms with Crippen LogP contribution in [0.25, 0.3) is 0 Å². The van der Waals surface area contributed by atoms with Gasteiger partial charge < -0.3 is 0 Å². The molecule has 0 heterocycles. The highest BCUT2D eigenvalue weighted by Crippen LogP contribution is 2.25. The van der Waals surface area contributed by atoms with Crippen LogP contribution in [0.2, 0.25) is 0 Å². The van der Waals surface area contributed by atoms with E-state index in [-0.39, 0.29) is 12.1 Å². The summed E-state index contributed by atoms with van der Waals surface area (Å²) in [6, 6.07) is 1.34. The number of sulfonamides is 1. The molecule has 0 bridgehead atoms. The first-order chi connectivity index (χ1) is 9.44. The fourth-order valence-electron chi connectivity index (χ4n) is 1.51. The fourth-order valence-corrected chi connectivity index (χ4v) is 3.39. The maximum absolute atomic E-state index is 13.3. The van der Waals surface area contributed by atoms with E-state index in [1.165, 1.54) is 6.92 Å². The molecule has 0 aliphatic heterocycles. The van der Waals surface area contributed by atoms with Crippen molar-refractivity contribution in [1.82, 2.24) is 4.72 Å². The first kappa shape index (κ1) is 17.5. The number of rotatable bonds is 6. The van der Waals surface area contributed by atoms with E-state index in [1.54, 1.807) is 0 Å². The van der Waals surface area contributed by atoms with Crippen molar-refractivity contribution < 1.29 is 26.1 Å². The minimum Gasteiger partial charge on any atom is -0.258 e. The zero-order valence-corrected chi connectivity index (χ0v) is 12.8. The van der Waals surface area contributed by atoms with Crippen molar-refractivity contribution in [1.29, 1.82) is 0 Å². The van der Waals surface area contributed by atoms with Crippen LogP contribution in [0.3, 0.4) is 0 Å². The molecule has 0 aliphatic rings. The third-order valence-electron chi connectivity index (χ3n) is 2.50. The molecule has 0 unspecified atom stereocenters. The van der Waals surface area contributed by atoms with Crippen LogP contribution in [0.15, 0.2) is 17.0 Å². The molecule has 1 aromatic rings. The van der Waals surface area contributed by atoms with E-state index >= 15 is 0 Å². The quantitative estimate of drug-likeness (QED) is 0.589. The van der Waals surface area contributed by atoms with Gasteiger partial charge in [-0.1, -0.05) is 0 Å². The third kappa shape index (κ3) is 4.72. The molecule has 0 spiro atoms. The second kappa shape index (κ2) is 6.03. The molecule has 1 aromatic carbocycles. The Bertz CT molecular complexity index is 773. The molecular formula is C10H13FN2O6S2. The van der Waals surface area contributed by atoms with Crippen molar-refractivity contribution in [2.75, 3.05) is 18.6 Å². The molecule has 0 atom stereocenters. The van der Waals surface area contributed by atoms with Crippen LogP contribution in [0.4, 0.5) is 10.1 Å². The summed E-state index contributed by atoms with van der Waals surface area (Å²) in [5.74, 6) is -1.57. The predicted molar refractivity (Wildman–Crippen MR) is 72.7 cm³/mol. The van der Waals surface area contributed by atoms with Crippen molar-refractivity contribution in [3.05, 3.63) is 33.6 Å². The van der Waals surface area contributed by atoms with Crippen molar-refractivity contribution in [2.45, 2.75) is 11.8 Å². The van der Waals surface area contributed by atoms with Gasteiger partial charge in [0.05, 0.1) is 15.6 Å². The summed E-state index contributed by atoms with van der Waals surface area (Å²) in [6.45, 7) is 0.893. The molecular weight excluding hydrogens is 327 g/mol. The van der Waals surface area contributed by atoms with Crippen LogP contribution in [0.1, 0.15) is 5.56 Å². The number of aryl methyl sites for hydroxylation is 1. The van der Waals surface area contributed by atoms with Gasteiger partial charge in [0.1, 0.15) is 9.84 Å². The number of halogens is 1. The van der Waals surface area contributed by atoms with Gasteiger partial charge in [-0.3, -0.25) is 10.1 Å². The summed E-state index contributed by atoms with van der Waals surface area (Å²) in [5, 5.41) is 10.6. The van der Waals surface area contributed by atoms with Gasteiger partial charge in [-0.2, -0.15) is 4.39 Å². The summed E-state index contributed by atoms with van der Waals surface area (Å²) in [6.07, 6.45) is 0.940. The number of nitrogens with zero attached hydrogens (tertiary/aromatic N) is 1. The van der Waals surface area contributed by atoms with E-state index in [0.29, 0.717) is 6.07 Å². The Labute approximate surface area is 121 Å². The number of hydrogen-bond donors (Lipinski definition) is 1. The van der Waals surface area contributed by atoms with Crippen molar-refractivity contribution >= 4 is 25.5 Å². The Morgan fingerprint density at radius 2 is 1.86 bits per heavy atom. The normalized spacial score (nSPS) is 12.3. The first-order valence-electron chi connectivity index (χ1n) is 5.56. The zero-order valence-electron chi connectivity index (χ0n) is 11.2. The Kier molecular flexibility index (Phi) is 5.02. The topological polar surface area (TPSA) is 123 Å². The Morgan fingerprint density at radius 3 is 2.33 bits per heavy atom. The van der Waals surface area contributed by atoms with E-state index in [4.69, 9.17) is 0 Å². The van der Waals surface area contributed by atoms with E-state index in [1.807, 2.05) is 4.72 Å². The van der Waals surface area contributed by atoms with Crippen LogP contribution in [0, 0.1) is 22.9 Å². The molecule has 0 aliphatic carbocycles. The van der Waals surface area contributed by atoms with Gasteiger partial charge in [-0.15, -0.1) is 0 Å². The average molecular weight is 340 g/mol. The number of benzene rings is 1. The lowest BCUT2D eigenvalue weighted by Crippen LogP contribution is -2.29. The number of nitro benzene ring substituents is 1. The zero-order chi connectivity index (χ0) is 16.4. The maximum Gasteiger partial charge on any atom is 0.306 e. The number of sulfone groups is 1. The van der Waals surface area contributed by atoms with Crippen molar-refractivity contribution in [2.24, 2.45) is 0 Å². The molecule has 0 amide bonds. The molecule has 0 fully saturated rings.